The zero-order chi connectivity index (χ0) is 22.4. The van der Waals surface area contributed by atoms with Crippen molar-refractivity contribution in [2.45, 2.75) is 45.9 Å². The Balaban J connectivity index is 2.15. The number of nitrogens with zero attached hydrogens (tertiary/aromatic N) is 1. The van der Waals surface area contributed by atoms with Gasteiger partial charge in [0.05, 0.1) is 5.56 Å². The Morgan fingerprint density at radius 2 is 1.35 bits per heavy atom. The molecule has 0 aliphatic heterocycles. The number of aliphatic hydroxyl groups excluding tert-OH is 1. The van der Waals surface area contributed by atoms with Gasteiger partial charge in [-0.15, -0.1) is 0 Å². The molecule has 31 heavy (non-hydrogen) atoms. The second-order valence-electron chi connectivity index (χ2n) is 8.27. The lowest BCUT2D eigenvalue weighted by Crippen LogP contribution is -2.42. The molecule has 160 valence electrons. The summed E-state index contributed by atoms with van der Waals surface area (Å²) in [5.41, 5.74) is 3.79. The van der Waals surface area contributed by atoms with E-state index in [4.69, 9.17) is 0 Å². The molecule has 3 nitrogen and oxygen atoms in total. The van der Waals surface area contributed by atoms with Crippen molar-refractivity contribution in [1.29, 1.82) is 0 Å². The Labute approximate surface area is 185 Å². The molecule has 0 heterocycles. The first-order valence-corrected chi connectivity index (χ1v) is 10.8. The second-order valence-corrected chi connectivity index (χ2v) is 8.27. The van der Waals surface area contributed by atoms with E-state index < -0.39 is 6.10 Å². The molecular formula is C28H31NO2. The molecule has 1 N–H and O–H groups in total. The summed E-state index contributed by atoms with van der Waals surface area (Å²) in [5.74, 6) is -0.0664. The van der Waals surface area contributed by atoms with E-state index in [1.54, 1.807) is 0 Å². The maximum absolute atomic E-state index is 13.8. The van der Waals surface area contributed by atoms with Gasteiger partial charge in [-0.3, -0.25) is 4.79 Å². The van der Waals surface area contributed by atoms with Gasteiger partial charge in [-0.05, 0) is 49.9 Å². The highest BCUT2D eigenvalue weighted by Crippen LogP contribution is 2.30. The summed E-state index contributed by atoms with van der Waals surface area (Å²) < 4.78 is 0. The molecule has 0 saturated heterocycles. The predicted molar refractivity (Wildman–Crippen MR) is 129 cm³/mol. The van der Waals surface area contributed by atoms with Gasteiger partial charge in [-0.1, -0.05) is 91.0 Å². The smallest absolute Gasteiger partial charge is 0.255 e. The highest BCUT2D eigenvalue weighted by molar-refractivity contribution is 6.00. The largest absolute Gasteiger partial charge is 0.384 e. The summed E-state index contributed by atoms with van der Waals surface area (Å²) in [6.07, 6.45) is 3.08. The molecule has 3 aromatic carbocycles. The van der Waals surface area contributed by atoms with Gasteiger partial charge < -0.3 is 10.0 Å². The molecule has 3 rings (SSSR count). The van der Waals surface area contributed by atoms with Gasteiger partial charge in [0.1, 0.15) is 6.10 Å². The van der Waals surface area contributed by atoms with E-state index in [0.29, 0.717) is 11.1 Å². The fraction of sp³-hybridized carbons (Fsp3) is 0.250. The number of hydrogen-bond acceptors (Lipinski definition) is 2. The van der Waals surface area contributed by atoms with Crippen LogP contribution in [0.5, 0.6) is 0 Å². The lowest BCUT2D eigenvalue weighted by atomic mass is 9.91. The van der Waals surface area contributed by atoms with Crippen LogP contribution in [0.25, 0.3) is 12.2 Å². The third-order valence-corrected chi connectivity index (χ3v) is 5.35. The number of amides is 1. The van der Waals surface area contributed by atoms with Crippen LogP contribution in [0.4, 0.5) is 0 Å². The summed E-state index contributed by atoms with van der Waals surface area (Å²) >= 11 is 0. The Morgan fingerprint density at radius 3 is 1.94 bits per heavy atom. The molecule has 1 atom stereocenters. The Bertz CT molecular complexity index is 1020. The van der Waals surface area contributed by atoms with E-state index in [1.165, 1.54) is 0 Å². The van der Waals surface area contributed by atoms with Crippen molar-refractivity contribution in [3.8, 4) is 0 Å². The molecular weight excluding hydrogens is 382 g/mol. The van der Waals surface area contributed by atoms with Crippen LogP contribution in [0.3, 0.4) is 0 Å². The van der Waals surface area contributed by atoms with Crippen molar-refractivity contribution < 1.29 is 9.90 Å². The molecule has 0 unspecified atom stereocenters. The maximum atomic E-state index is 13.8. The number of hydrogen-bond donors (Lipinski definition) is 1. The highest BCUT2D eigenvalue weighted by Gasteiger charge is 2.28. The monoisotopic (exact) mass is 413 g/mol. The zero-order valence-electron chi connectivity index (χ0n) is 18.7. The summed E-state index contributed by atoms with van der Waals surface area (Å²) in [6, 6.07) is 25.2. The number of carbonyl (C=O) groups is 1. The molecule has 0 bridgehead atoms. The third kappa shape index (κ3) is 5.31. The van der Waals surface area contributed by atoms with Crippen LogP contribution in [0.15, 0.2) is 78.9 Å². The third-order valence-electron chi connectivity index (χ3n) is 5.35. The van der Waals surface area contributed by atoms with E-state index in [9.17, 15) is 9.90 Å². The van der Waals surface area contributed by atoms with Crippen molar-refractivity contribution in [1.82, 2.24) is 4.90 Å². The maximum Gasteiger partial charge on any atom is 0.255 e. The van der Waals surface area contributed by atoms with Crippen molar-refractivity contribution in [3.63, 3.8) is 0 Å². The molecule has 3 aromatic rings. The molecule has 3 heteroatoms. The molecule has 0 radical (unpaired) electrons. The van der Waals surface area contributed by atoms with E-state index >= 15 is 0 Å². The Kier molecular flexibility index (Phi) is 7.43. The molecule has 0 aromatic heterocycles. The number of rotatable bonds is 7. The van der Waals surface area contributed by atoms with E-state index in [1.807, 2.05) is 124 Å². The van der Waals surface area contributed by atoms with E-state index in [0.717, 1.165) is 16.7 Å². The number of aliphatic hydroxyl groups is 1. The van der Waals surface area contributed by atoms with Crippen molar-refractivity contribution in [2.24, 2.45) is 0 Å². The van der Waals surface area contributed by atoms with Crippen molar-refractivity contribution in [3.05, 3.63) is 107 Å². The SMILES string of the molecule is CC(C)N(C(=O)c1c(/C=C/c2ccccc2)cccc1[C@H](O)c1ccccc1)C(C)C. The summed E-state index contributed by atoms with van der Waals surface area (Å²) in [7, 11) is 0. The van der Waals surface area contributed by atoms with Crippen molar-refractivity contribution in [2.75, 3.05) is 0 Å². The Hall–Kier alpha value is -3.17. The molecule has 0 aliphatic carbocycles. The van der Waals surface area contributed by atoms with Crippen LogP contribution in [-0.4, -0.2) is 28.0 Å². The summed E-state index contributed by atoms with van der Waals surface area (Å²) in [5, 5.41) is 11.2. The van der Waals surface area contributed by atoms with Crippen molar-refractivity contribution >= 4 is 18.1 Å². The fourth-order valence-corrected chi connectivity index (χ4v) is 3.96. The summed E-state index contributed by atoms with van der Waals surface area (Å²) in [6.45, 7) is 8.09. The van der Waals surface area contributed by atoms with Gasteiger partial charge in [0, 0.05) is 12.1 Å². The van der Waals surface area contributed by atoms with Crippen LogP contribution in [-0.2, 0) is 0 Å². The van der Waals surface area contributed by atoms with Gasteiger partial charge in [-0.2, -0.15) is 0 Å². The molecule has 0 saturated carbocycles. The molecule has 0 spiro atoms. The van der Waals surface area contributed by atoms with Gasteiger partial charge in [-0.25, -0.2) is 0 Å². The number of carbonyl (C=O) groups excluding carboxylic acids is 1. The van der Waals surface area contributed by atoms with E-state index in [2.05, 4.69) is 0 Å². The standard InChI is InChI=1S/C28H31NO2/c1-20(2)29(21(3)4)28(31)26-23(19-18-22-12-7-5-8-13-22)16-11-17-25(26)27(30)24-14-9-6-10-15-24/h5-21,27,30H,1-4H3/b19-18+/t27-/m1/s1. The minimum atomic E-state index is -0.883. The molecule has 0 aliphatic rings. The van der Waals surface area contributed by atoms with Crippen LogP contribution in [0.2, 0.25) is 0 Å². The fourth-order valence-electron chi connectivity index (χ4n) is 3.96. The highest BCUT2D eigenvalue weighted by atomic mass is 16.3. The van der Waals surface area contributed by atoms with Crippen LogP contribution in [0, 0.1) is 0 Å². The van der Waals surface area contributed by atoms with Gasteiger partial charge >= 0.3 is 0 Å². The first-order valence-electron chi connectivity index (χ1n) is 10.8. The zero-order valence-corrected chi connectivity index (χ0v) is 18.7. The van der Waals surface area contributed by atoms with Gasteiger partial charge in [0.25, 0.3) is 5.91 Å². The lowest BCUT2D eigenvalue weighted by Gasteiger charge is -2.32. The normalized spacial score (nSPS) is 12.5. The predicted octanol–water partition coefficient (Wildman–Crippen LogP) is 6.20. The first-order chi connectivity index (χ1) is 14.9. The minimum absolute atomic E-state index is 0.0420. The molecule has 0 fully saturated rings. The Morgan fingerprint density at radius 1 is 0.774 bits per heavy atom. The van der Waals surface area contributed by atoms with Crippen LogP contribution >= 0.6 is 0 Å². The first kappa shape index (κ1) is 22.5. The average molecular weight is 414 g/mol. The van der Waals surface area contributed by atoms with Gasteiger partial charge in [0.2, 0.25) is 0 Å². The quantitative estimate of drug-likeness (QED) is 0.469. The van der Waals surface area contributed by atoms with Gasteiger partial charge in [0.15, 0.2) is 0 Å². The summed E-state index contributed by atoms with van der Waals surface area (Å²) in [4.78, 5) is 15.7. The lowest BCUT2D eigenvalue weighted by molar-refractivity contribution is 0.0638. The topological polar surface area (TPSA) is 40.5 Å². The van der Waals surface area contributed by atoms with Crippen LogP contribution in [0.1, 0.15) is 66.4 Å². The van der Waals surface area contributed by atoms with E-state index in [-0.39, 0.29) is 18.0 Å². The van der Waals surface area contributed by atoms with Crippen LogP contribution < -0.4 is 0 Å². The molecule has 1 amide bonds. The second kappa shape index (κ2) is 10.2. The number of benzene rings is 3. The minimum Gasteiger partial charge on any atom is -0.384 e. The average Bonchev–Trinajstić information content (AvgIpc) is 2.77.